The predicted octanol–water partition coefficient (Wildman–Crippen LogP) is 9.24. The lowest BCUT2D eigenvalue weighted by Gasteiger charge is -2.35. The second kappa shape index (κ2) is 10.9. The van der Waals surface area contributed by atoms with Gasteiger partial charge in [0, 0.05) is 39.8 Å². The largest absolute Gasteiger partial charge is 0.309 e. The van der Waals surface area contributed by atoms with Crippen LogP contribution in [0.25, 0.3) is 38.8 Å². The molecule has 4 nitrogen and oxygen atoms in total. The number of benzene rings is 3. The SMILES string of the molecule is CCCCC(CCCC)(c1cccc(-n2c3ccccc3c3ccc(-c4ccn[nH]4)cc32)c1)c1ccccn1. The van der Waals surface area contributed by atoms with Crippen LogP contribution in [0.15, 0.2) is 103 Å². The molecule has 4 heteroatoms. The van der Waals surface area contributed by atoms with E-state index in [-0.39, 0.29) is 5.41 Å². The number of nitrogens with one attached hydrogen (secondary N) is 1. The van der Waals surface area contributed by atoms with Gasteiger partial charge in [-0.05, 0) is 60.9 Å². The Kier molecular flexibility index (Phi) is 7.02. The molecule has 6 rings (SSSR count). The molecule has 0 spiro atoms. The molecule has 1 N–H and O–H groups in total. The van der Waals surface area contributed by atoms with Gasteiger partial charge < -0.3 is 4.57 Å². The van der Waals surface area contributed by atoms with Gasteiger partial charge in [0.25, 0.3) is 0 Å². The molecule has 39 heavy (non-hydrogen) atoms. The van der Waals surface area contributed by atoms with Crippen molar-refractivity contribution in [1.29, 1.82) is 0 Å². The van der Waals surface area contributed by atoms with E-state index in [2.05, 4.69) is 107 Å². The summed E-state index contributed by atoms with van der Waals surface area (Å²) < 4.78 is 2.43. The molecular formula is C35H36N4. The molecule has 3 heterocycles. The molecule has 0 saturated carbocycles. The van der Waals surface area contributed by atoms with Crippen molar-refractivity contribution in [2.45, 2.75) is 57.8 Å². The van der Waals surface area contributed by atoms with Crippen LogP contribution in [0.1, 0.15) is 63.6 Å². The third-order valence-corrected chi connectivity index (χ3v) is 8.21. The Bertz CT molecular complexity index is 1670. The lowest BCUT2D eigenvalue weighted by atomic mass is 9.70. The summed E-state index contributed by atoms with van der Waals surface area (Å²) in [5.41, 5.74) is 8.20. The van der Waals surface area contributed by atoms with Crippen LogP contribution in [0.5, 0.6) is 0 Å². The van der Waals surface area contributed by atoms with Crippen molar-refractivity contribution in [3.8, 4) is 16.9 Å². The molecule has 0 unspecified atom stereocenters. The fourth-order valence-corrected chi connectivity index (χ4v) is 6.20. The highest BCUT2D eigenvalue weighted by Crippen LogP contribution is 2.42. The van der Waals surface area contributed by atoms with Crippen LogP contribution < -0.4 is 0 Å². The van der Waals surface area contributed by atoms with E-state index in [4.69, 9.17) is 4.98 Å². The van der Waals surface area contributed by atoms with E-state index in [1.54, 1.807) is 0 Å². The number of aromatic amines is 1. The normalized spacial score (nSPS) is 11.9. The molecule has 0 aliphatic rings. The predicted molar refractivity (Wildman–Crippen MR) is 162 cm³/mol. The van der Waals surface area contributed by atoms with Crippen molar-refractivity contribution in [3.05, 3.63) is 115 Å². The Morgan fingerprint density at radius 1 is 0.718 bits per heavy atom. The molecule has 0 aliphatic carbocycles. The van der Waals surface area contributed by atoms with Gasteiger partial charge in [-0.25, -0.2) is 0 Å². The number of nitrogens with zero attached hydrogens (tertiary/aromatic N) is 3. The molecule has 0 aliphatic heterocycles. The van der Waals surface area contributed by atoms with Gasteiger partial charge in [0.1, 0.15) is 0 Å². The molecule has 3 aromatic carbocycles. The van der Waals surface area contributed by atoms with Crippen molar-refractivity contribution in [2.24, 2.45) is 0 Å². The van der Waals surface area contributed by atoms with Gasteiger partial charge in [-0.1, -0.05) is 88.1 Å². The summed E-state index contributed by atoms with van der Waals surface area (Å²) in [7, 11) is 0. The third-order valence-electron chi connectivity index (χ3n) is 8.21. The van der Waals surface area contributed by atoms with Crippen LogP contribution in [0.4, 0.5) is 0 Å². The number of rotatable bonds is 10. The number of H-pyrrole nitrogens is 1. The summed E-state index contributed by atoms with van der Waals surface area (Å²) in [6.45, 7) is 4.57. The molecule has 6 aromatic rings. The molecule has 3 aromatic heterocycles. The zero-order valence-corrected chi connectivity index (χ0v) is 22.9. The molecule has 0 atom stereocenters. The molecule has 196 valence electrons. The first-order valence-electron chi connectivity index (χ1n) is 14.3. The second-order valence-electron chi connectivity index (χ2n) is 10.6. The number of para-hydroxylation sites is 1. The molecule has 0 saturated heterocycles. The summed E-state index contributed by atoms with van der Waals surface area (Å²) in [5.74, 6) is 0. The van der Waals surface area contributed by atoms with Gasteiger partial charge in [-0.15, -0.1) is 0 Å². The highest BCUT2D eigenvalue weighted by Gasteiger charge is 2.34. The Hall–Kier alpha value is -4.18. The first-order chi connectivity index (χ1) is 19.2. The van der Waals surface area contributed by atoms with E-state index in [9.17, 15) is 0 Å². The van der Waals surface area contributed by atoms with Gasteiger partial charge in [-0.2, -0.15) is 5.10 Å². The average Bonchev–Trinajstić information content (AvgIpc) is 3.65. The Morgan fingerprint density at radius 2 is 1.51 bits per heavy atom. The minimum Gasteiger partial charge on any atom is -0.309 e. The van der Waals surface area contributed by atoms with E-state index in [0.29, 0.717) is 0 Å². The first-order valence-corrected chi connectivity index (χ1v) is 14.3. The summed E-state index contributed by atoms with van der Waals surface area (Å²) >= 11 is 0. The summed E-state index contributed by atoms with van der Waals surface area (Å²) in [6, 6.07) is 33.1. The van der Waals surface area contributed by atoms with E-state index in [1.807, 2.05) is 24.5 Å². The first kappa shape index (κ1) is 25.1. The minimum atomic E-state index is -0.108. The maximum atomic E-state index is 4.95. The number of unbranched alkanes of at least 4 members (excludes halogenated alkanes) is 2. The van der Waals surface area contributed by atoms with Crippen LogP contribution in [-0.2, 0) is 5.41 Å². The van der Waals surface area contributed by atoms with Crippen molar-refractivity contribution < 1.29 is 0 Å². The third kappa shape index (κ3) is 4.54. The zero-order chi connectivity index (χ0) is 26.7. The minimum absolute atomic E-state index is 0.108. The summed E-state index contributed by atoms with van der Waals surface area (Å²) in [6.07, 6.45) is 10.6. The zero-order valence-electron chi connectivity index (χ0n) is 22.9. The van der Waals surface area contributed by atoms with E-state index in [1.165, 1.54) is 64.4 Å². The van der Waals surface area contributed by atoms with Crippen LogP contribution in [0.2, 0.25) is 0 Å². The van der Waals surface area contributed by atoms with E-state index in [0.717, 1.165) is 24.1 Å². The Morgan fingerprint density at radius 3 is 2.26 bits per heavy atom. The van der Waals surface area contributed by atoms with Gasteiger partial charge in [-0.3, -0.25) is 10.1 Å². The van der Waals surface area contributed by atoms with Gasteiger partial charge in [0.2, 0.25) is 0 Å². The topological polar surface area (TPSA) is 46.5 Å². The highest BCUT2D eigenvalue weighted by molar-refractivity contribution is 6.10. The van der Waals surface area contributed by atoms with Crippen LogP contribution in [0.3, 0.4) is 0 Å². The van der Waals surface area contributed by atoms with E-state index >= 15 is 0 Å². The maximum Gasteiger partial charge on any atom is 0.0650 e. The average molecular weight is 513 g/mol. The number of hydrogen-bond donors (Lipinski definition) is 1. The summed E-state index contributed by atoms with van der Waals surface area (Å²) in [5, 5.41) is 9.83. The number of pyridine rings is 1. The van der Waals surface area contributed by atoms with E-state index < -0.39 is 0 Å². The van der Waals surface area contributed by atoms with Crippen molar-refractivity contribution in [2.75, 3.05) is 0 Å². The monoisotopic (exact) mass is 512 g/mol. The standard InChI is InChI=1S/C35H36N4/c1-3-5-20-35(21-6-4-2,34-16-9-10-22-36-34)27-12-11-13-28(25-27)39-32-15-8-7-14-29(32)30-18-17-26(24-33(30)39)31-19-23-37-38-31/h7-19,22-25H,3-6,20-21H2,1-2H3,(H,37,38). The molecule has 0 fully saturated rings. The lowest BCUT2D eigenvalue weighted by Crippen LogP contribution is -2.29. The number of fused-ring (bicyclic) bond motifs is 3. The van der Waals surface area contributed by atoms with Crippen LogP contribution >= 0.6 is 0 Å². The smallest absolute Gasteiger partial charge is 0.0650 e. The van der Waals surface area contributed by atoms with Gasteiger partial charge in [0.15, 0.2) is 0 Å². The lowest BCUT2D eigenvalue weighted by molar-refractivity contribution is 0.396. The summed E-state index contributed by atoms with van der Waals surface area (Å²) in [4.78, 5) is 4.95. The maximum absolute atomic E-state index is 4.95. The second-order valence-corrected chi connectivity index (χ2v) is 10.6. The number of hydrogen-bond acceptors (Lipinski definition) is 2. The van der Waals surface area contributed by atoms with Crippen molar-refractivity contribution in [3.63, 3.8) is 0 Å². The highest BCUT2D eigenvalue weighted by atomic mass is 15.1. The van der Waals surface area contributed by atoms with Crippen LogP contribution in [0, 0.1) is 0 Å². The molecule has 0 amide bonds. The van der Waals surface area contributed by atoms with Gasteiger partial charge in [0.05, 0.1) is 22.4 Å². The Balaban J connectivity index is 1.58. The molecule has 0 radical (unpaired) electrons. The number of aromatic nitrogens is 4. The van der Waals surface area contributed by atoms with Crippen molar-refractivity contribution in [1.82, 2.24) is 19.7 Å². The fourth-order valence-electron chi connectivity index (χ4n) is 6.20. The quantitative estimate of drug-likeness (QED) is 0.199. The molecule has 0 bridgehead atoms. The van der Waals surface area contributed by atoms with Crippen LogP contribution in [-0.4, -0.2) is 19.7 Å². The molecular weight excluding hydrogens is 476 g/mol. The van der Waals surface area contributed by atoms with Gasteiger partial charge >= 0.3 is 0 Å². The fraction of sp³-hybridized carbons (Fsp3) is 0.257. The Labute approximate surface area is 230 Å². The van der Waals surface area contributed by atoms with Crippen molar-refractivity contribution >= 4 is 21.8 Å².